The van der Waals surface area contributed by atoms with Crippen LogP contribution in [0.15, 0.2) is 67.0 Å². The first-order valence-electron chi connectivity index (χ1n) is 8.66. The van der Waals surface area contributed by atoms with Crippen molar-refractivity contribution < 1.29 is 9.53 Å². The lowest BCUT2D eigenvalue weighted by molar-refractivity contribution is -0.0486. The van der Waals surface area contributed by atoms with Gasteiger partial charge in [-0.3, -0.25) is 4.79 Å². The van der Waals surface area contributed by atoms with Gasteiger partial charge in [0, 0.05) is 5.56 Å². The van der Waals surface area contributed by atoms with Crippen LogP contribution < -0.4 is 0 Å². The molecular weight excluding hydrogens is 328 g/mol. The molecule has 0 unspecified atom stereocenters. The van der Waals surface area contributed by atoms with Crippen molar-refractivity contribution in [3.8, 4) is 5.69 Å². The number of morpholine rings is 1. The van der Waals surface area contributed by atoms with Crippen LogP contribution in [0, 0.1) is 0 Å². The van der Waals surface area contributed by atoms with Crippen LogP contribution in [0.1, 0.15) is 28.9 Å². The molecule has 1 fully saturated rings. The van der Waals surface area contributed by atoms with Crippen molar-refractivity contribution in [1.29, 1.82) is 0 Å². The molecule has 0 radical (unpaired) electrons. The zero-order chi connectivity index (χ0) is 17.9. The summed E-state index contributed by atoms with van der Waals surface area (Å²) in [5.41, 5.74) is 2.54. The van der Waals surface area contributed by atoms with Crippen molar-refractivity contribution in [2.75, 3.05) is 13.2 Å². The maximum Gasteiger partial charge on any atom is 0.254 e. The number of hydrogen-bond acceptors (Lipinski definition) is 4. The van der Waals surface area contributed by atoms with Crippen LogP contribution in [-0.4, -0.2) is 45.0 Å². The number of nitrogens with zero attached hydrogens (tertiary/aromatic N) is 4. The molecule has 0 spiro atoms. The number of carbonyl (C=O) groups is 1. The Balaban J connectivity index is 1.57. The van der Waals surface area contributed by atoms with E-state index in [0.717, 1.165) is 11.3 Å². The van der Waals surface area contributed by atoms with Crippen LogP contribution in [0.4, 0.5) is 0 Å². The molecule has 2 atom stereocenters. The van der Waals surface area contributed by atoms with Gasteiger partial charge in [0.25, 0.3) is 5.91 Å². The summed E-state index contributed by atoms with van der Waals surface area (Å²) in [6.45, 7) is 3.08. The Kier molecular flexibility index (Phi) is 4.50. The SMILES string of the molecule is C[C@H]1CO[C@H](c2ccccc2)CN1C(=O)c1cccc(-n2ccnn2)c1. The Morgan fingerprint density at radius 3 is 2.77 bits per heavy atom. The van der Waals surface area contributed by atoms with Gasteiger partial charge in [0.1, 0.15) is 6.10 Å². The lowest BCUT2D eigenvalue weighted by Crippen LogP contribution is -2.48. The third-order valence-corrected chi connectivity index (χ3v) is 4.65. The van der Waals surface area contributed by atoms with Gasteiger partial charge in [-0.2, -0.15) is 0 Å². The highest BCUT2D eigenvalue weighted by Crippen LogP contribution is 2.26. The van der Waals surface area contributed by atoms with Gasteiger partial charge in [0.15, 0.2) is 0 Å². The Hall–Kier alpha value is -2.99. The van der Waals surface area contributed by atoms with Crippen LogP contribution in [0.2, 0.25) is 0 Å². The number of benzene rings is 2. The molecule has 2 heterocycles. The maximum atomic E-state index is 13.1. The number of aromatic nitrogens is 3. The second-order valence-electron chi connectivity index (χ2n) is 6.44. The molecule has 4 rings (SSSR count). The molecule has 0 saturated carbocycles. The molecule has 0 bridgehead atoms. The van der Waals surface area contributed by atoms with Gasteiger partial charge in [0.05, 0.1) is 37.3 Å². The van der Waals surface area contributed by atoms with E-state index >= 15 is 0 Å². The molecule has 6 nitrogen and oxygen atoms in total. The fourth-order valence-electron chi connectivity index (χ4n) is 3.20. The molecule has 0 N–H and O–H groups in total. The summed E-state index contributed by atoms with van der Waals surface area (Å²) in [5.74, 6) is 0.00342. The van der Waals surface area contributed by atoms with E-state index < -0.39 is 0 Å². The first-order chi connectivity index (χ1) is 12.7. The standard InChI is InChI=1S/C20H20N4O2/c1-15-14-26-19(16-6-3-2-4-7-16)13-23(15)20(25)17-8-5-9-18(12-17)24-11-10-21-22-24/h2-12,15,19H,13-14H2,1H3/t15-,19-/m0/s1. The first-order valence-corrected chi connectivity index (χ1v) is 8.66. The minimum Gasteiger partial charge on any atom is -0.370 e. The van der Waals surface area contributed by atoms with E-state index in [1.54, 1.807) is 17.1 Å². The Bertz CT molecular complexity index is 880. The number of rotatable bonds is 3. The van der Waals surface area contributed by atoms with Gasteiger partial charge in [0.2, 0.25) is 0 Å². The van der Waals surface area contributed by atoms with Crippen molar-refractivity contribution >= 4 is 5.91 Å². The predicted molar refractivity (Wildman–Crippen MR) is 97.0 cm³/mol. The third kappa shape index (κ3) is 3.23. The van der Waals surface area contributed by atoms with Crippen molar-refractivity contribution in [3.63, 3.8) is 0 Å². The van der Waals surface area contributed by atoms with Gasteiger partial charge in [-0.25, -0.2) is 4.68 Å². The van der Waals surface area contributed by atoms with E-state index in [1.165, 1.54) is 0 Å². The summed E-state index contributed by atoms with van der Waals surface area (Å²) < 4.78 is 7.60. The zero-order valence-corrected chi connectivity index (χ0v) is 14.5. The van der Waals surface area contributed by atoms with E-state index in [4.69, 9.17) is 4.74 Å². The molecule has 1 saturated heterocycles. The van der Waals surface area contributed by atoms with Crippen LogP contribution in [-0.2, 0) is 4.74 Å². The highest BCUT2D eigenvalue weighted by molar-refractivity contribution is 5.95. The number of carbonyl (C=O) groups excluding carboxylic acids is 1. The summed E-state index contributed by atoms with van der Waals surface area (Å²) in [6, 6.07) is 17.5. The van der Waals surface area contributed by atoms with E-state index in [9.17, 15) is 4.79 Å². The molecule has 2 aromatic carbocycles. The fourth-order valence-corrected chi connectivity index (χ4v) is 3.20. The molecule has 1 aliphatic rings. The summed E-state index contributed by atoms with van der Waals surface area (Å²) in [6.07, 6.45) is 3.27. The minimum atomic E-state index is -0.102. The average Bonchev–Trinajstić information content (AvgIpc) is 3.23. The molecule has 132 valence electrons. The van der Waals surface area contributed by atoms with Gasteiger partial charge in [-0.15, -0.1) is 5.10 Å². The van der Waals surface area contributed by atoms with Crippen molar-refractivity contribution in [2.24, 2.45) is 0 Å². The van der Waals surface area contributed by atoms with Crippen molar-refractivity contribution in [2.45, 2.75) is 19.1 Å². The van der Waals surface area contributed by atoms with Gasteiger partial charge in [-0.05, 0) is 30.7 Å². The molecular formula is C20H20N4O2. The second-order valence-corrected chi connectivity index (χ2v) is 6.44. The smallest absolute Gasteiger partial charge is 0.254 e. The molecule has 3 aromatic rings. The lowest BCUT2D eigenvalue weighted by atomic mass is 10.0. The Labute approximate surface area is 152 Å². The number of ether oxygens (including phenoxy) is 1. The molecule has 26 heavy (non-hydrogen) atoms. The molecule has 1 aliphatic heterocycles. The van der Waals surface area contributed by atoms with Crippen molar-refractivity contribution in [1.82, 2.24) is 19.9 Å². The number of hydrogen-bond donors (Lipinski definition) is 0. The van der Waals surface area contributed by atoms with E-state index in [2.05, 4.69) is 10.3 Å². The highest BCUT2D eigenvalue weighted by Gasteiger charge is 2.31. The average molecular weight is 348 g/mol. The number of amides is 1. The minimum absolute atomic E-state index is 0.00342. The van der Waals surface area contributed by atoms with E-state index in [0.29, 0.717) is 18.7 Å². The first kappa shape index (κ1) is 16.5. The summed E-state index contributed by atoms with van der Waals surface area (Å²) in [7, 11) is 0. The topological polar surface area (TPSA) is 60.2 Å². The van der Waals surface area contributed by atoms with Crippen LogP contribution in [0.3, 0.4) is 0 Å². The van der Waals surface area contributed by atoms with E-state index in [1.807, 2.05) is 66.4 Å². The largest absolute Gasteiger partial charge is 0.370 e. The zero-order valence-electron chi connectivity index (χ0n) is 14.5. The predicted octanol–water partition coefficient (Wildman–Crippen LogP) is 2.87. The van der Waals surface area contributed by atoms with Gasteiger partial charge in [-0.1, -0.05) is 41.6 Å². The molecule has 1 amide bonds. The van der Waals surface area contributed by atoms with E-state index in [-0.39, 0.29) is 18.1 Å². The normalized spacial score (nSPS) is 20.1. The second kappa shape index (κ2) is 7.09. The van der Waals surface area contributed by atoms with Crippen LogP contribution in [0.25, 0.3) is 5.69 Å². The highest BCUT2D eigenvalue weighted by atomic mass is 16.5. The fraction of sp³-hybridized carbons (Fsp3) is 0.250. The summed E-state index contributed by atoms with van der Waals surface area (Å²) >= 11 is 0. The van der Waals surface area contributed by atoms with Gasteiger partial charge >= 0.3 is 0 Å². The van der Waals surface area contributed by atoms with Crippen LogP contribution >= 0.6 is 0 Å². The Morgan fingerprint density at radius 1 is 1.15 bits per heavy atom. The maximum absolute atomic E-state index is 13.1. The summed E-state index contributed by atoms with van der Waals surface area (Å²) in [5, 5.41) is 7.81. The Morgan fingerprint density at radius 2 is 2.00 bits per heavy atom. The van der Waals surface area contributed by atoms with Gasteiger partial charge < -0.3 is 9.64 Å². The van der Waals surface area contributed by atoms with Crippen molar-refractivity contribution in [3.05, 3.63) is 78.1 Å². The lowest BCUT2D eigenvalue weighted by Gasteiger charge is -2.38. The molecule has 1 aromatic heterocycles. The monoisotopic (exact) mass is 348 g/mol. The molecule has 6 heteroatoms. The summed E-state index contributed by atoms with van der Waals surface area (Å²) in [4.78, 5) is 15.0. The quantitative estimate of drug-likeness (QED) is 0.730. The third-order valence-electron chi connectivity index (χ3n) is 4.65. The molecule has 0 aliphatic carbocycles. The van der Waals surface area contributed by atoms with Crippen LogP contribution in [0.5, 0.6) is 0 Å².